The monoisotopic (exact) mass is 344 g/mol. The van der Waals surface area contributed by atoms with Gasteiger partial charge in [-0.2, -0.15) is 0 Å². The van der Waals surface area contributed by atoms with Crippen molar-refractivity contribution in [3.8, 4) is 0 Å². The van der Waals surface area contributed by atoms with Crippen LogP contribution in [0.4, 0.5) is 5.69 Å². The molecular formula is C19H24N2O4. The summed E-state index contributed by atoms with van der Waals surface area (Å²) < 4.78 is 9.92. The predicted molar refractivity (Wildman–Crippen MR) is 97.1 cm³/mol. The first-order valence-corrected chi connectivity index (χ1v) is 8.00. The summed E-state index contributed by atoms with van der Waals surface area (Å²) in [6.45, 7) is 2.52. The molecule has 0 atom stereocenters. The number of benzene rings is 1. The second-order valence-corrected chi connectivity index (χ2v) is 5.95. The molecule has 1 amide bonds. The van der Waals surface area contributed by atoms with Gasteiger partial charge in [0.1, 0.15) is 0 Å². The third-order valence-electron chi connectivity index (χ3n) is 4.14. The van der Waals surface area contributed by atoms with Crippen molar-refractivity contribution in [3.63, 3.8) is 0 Å². The number of allylic oxidation sites excluding steroid dienone is 1. The number of amides is 1. The molecule has 1 aliphatic heterocycles. The average molecular weight is 344 g/mol. The molecule has 0 unspecified atom stereocenters. The number of carbonyl (C=O) groups is 2. The molecule has 0 radical (unpaired) electrons. The Morgan fingerprint density at radius 3 is 2.36 bits per heavy atom. The van der Waals surface area contributed by atoms with E-state index in [2.05, 4.69) is 0 Å². The first kappa shape index (κ1) is 18.7. The van der Waals surface area contributed by atoms with Gasteiger partial charge in [0.05, 0.1) is 24.9 Å². The van der Waals surface area contributed by atoms with Gasteiger partial charge in [0, 0.05) is 39.1 Å². The average Bonchev–Trinajstić information content (AvgIpc) is 2.83. The number of rotatable bonds is 6. The number of methoxy groups -OCH3 is 2. The van der Waals surface area contributed by atoms with Gasteiger partial charge in [-0.3, -0.25) is 4.79 Å². The fourth-order valence-electron chi connectivity index (χ4n) is 2.72. The number of anilines is 1. The van der Waals surface area contributed by atoms with Crippen LogP contribution >= 0.6 is 0 Å². The van der Waals surface area contributed by atoms with E-state index in [0.717, 1.165) is 11.3 Å². The van der Waals surface area contributed by atoms with E-state index in [1.54, 1.807) is 25.0 Å². The molecule has 0 bridgehead atoms. The zero-order valence-corrected chi connectivity index (χ0v) is 15.3. The Bertz CT molecular complexity index is 717. The van der Waals surface area contributed by atoms with Crippen molar-refractivity contribution >= 4 is 23.6 Å². The molecule has 0 aliphatic carbocycles. The van der Waals surface area contributed by atoms with E-state index in [1.807, 2.05) is 43.3 Å². The first-order chi connectivity index (χ1) is 11.9. The van der Waals surface area contributed by atoms with Crippen molar-refractivity contribution in [1.82, 2.24) is 4.90 Å². The van der Waals surface area contributed by atoms with Crippen molar-refractivity contribution in [1.29, 1.82) is 0 Å². The SMILES string of the molecule is COCCN1C(=O)C(=Cc2ccc(N(C)C)cc2)C(C(=O)OC)=C1C. The van der Waals surface area contributed by atoms with Crippen LogP contribution in [0, 0.1) is 0 Å². The van der Waals surface area contributed by atoms with E-state index in [1.165, 1.54) is 7.11 Å². The molecule has 0 saturated heterocycles. The fraction of sp³-hybridized carbons (Fsp3) is 0.368. The van der Waals surface area contributed by atoms with Crippen molar-refractivity contribution in [2.75, 3.05) is 46.4 Å². The van der Waals surface area contributed by atoms with E-state index in [0.29, 0.717) is 30.0 Å². The third-order valence-corrected chi connectivity index (χ3v) is 4.14. The maximum Gasteiger partial charge on any atom is 0.340 e. The van der Waals surface area contributed by atoms with Crippen LogP contribution in [0.15, 0.2) is 41.1 Å². The summed E-state index contributed by atoms with van der Waals surface area (Å²) in [5.41, 5.74) is 3.14. The lowest BCUT2D eigenvalue weighted by molar-refractivity contribution is -0.136. The Morgan fingerprint density at radius 2 is 1.84 bits per heavy atom. The molecule has 1 aromatic carbocycles. The molecule has 1 aliphatic rings. The Kier molecular flexibility index (Phi) is 5.98. The summed E-state index contributed by atoms with van der Waals surface area (Å²) in [6, 6.07) is 7.75. The molecule has 25 heavy (non-hydrogen) atoms. The van der Waals surface area contributed by atoms with Crippen LogP contribution in [0.5, 0.6) is 0 Å². The Labute approximate surface area is 148 Å². The second-order valence-electron chi connectivity index (χ2n) is 5.95. The number of hydrogen-bond donors (Lipinski definition) is 0. The van der Waals surface area contributed by atoms with Crippen molar-refractivity contribution in [3.05, 3.63) is 46.7 Å². The van der Waals surface area contributed by atoms with Gasteiger partial charge >= 0.3 is 5.97 Å². The minimum Gasteiger partial charge on any atom is -0.465 e. The smallest absolute Gasteiger partial charge is 0.340 e. The van der Waals surface area contributed by atoms with Crippen LogP contribution in [0.25, 0.3) is 6.08 Å². The molecule has 6 heteroatoms. The summed E-state index contributed by atoms with van der Waals surface area (Å²) in [7, 11) is 6.81. The maximum absolute atomic E-state index is 12.8. The normalized spacial score (nSPS) is 16.0. The van der Waals surface area contributed by atoms with E-state index >= 15 is 0 Å². The maximum atomic E-state index is 12.8. The topological polar surface area (TPSA) is 59.1 Å². The molecule has 0 N–H and O–H groups in total. The highest BCUT2D eigenvalue weighted by Crippen LogP contribution is 2.31. The van der Waals surface area contributed by atoms with Gasteiger partial charge in [0.25, 0.3) is 5.91 Å². The van der Waals surface area contributed by atoms with Crippen LogP contribution in [-0.4, -0.2) is 58.2 Å². The number of esters is 1. The van der Waals surface area contributed by atoms with Crippen LogP contribution in [0.3, 0.4) is 0 Å². The van der Waals surface area contributed by atoms with Gasteiger partial charge < -0.3 is 19.3 Å². The minimum absolute atomic E-state index is 0.216. The largest absolute Gasteiger partial charge is 0.465 e. The Balaban J connectivity index is 2.42. The molecule has 134 valence electrons. The minimum atomic E-state index is -0.512. The van der Waals surface area contributed by atoms with Crippen molar-refractivity contribution in [2.45, 2.75) is 6.92 Å². The van der Waals surface area contributed by atoms with Crippen LogP contribution < -0.4 is 4.90 Å². The summed E-state index contributed by atoms with van der Waals surface area (Å²) in [6.07, 6.45) is 1.73. The van der Waals surface area contributed by atoms with Crippen molar-refractivity contribution < 1.29 is 19.1 Å². The van der Waals surface area contributed by atoms with Gasteiger partial charge in [-0.25, -0.2) is 4.79 Å². The zero-order valence-electron chi connectivity index (χ0n) is 15.3. The van der Waals surface area contributed by atoms with Gasteiger partial charge in [-0.15, -0.1) is 0 Å². The summed E-state index contributed by atoms with van der Waals surface area (Å²) in [5.74, 6) is -0.728. The Hall–Kier alpha value is -2.60. The summed E-state index contributed by atoms with van der Waals surface area (Å²) in [4.78, 5) is 28.5. The van der Waals surface area contributed by atoms with E-state index in [9.17, 15) is 9.59 Å². The number of ether oxygens (including phenoxy) is 2. The number of carbonyl (C=O) groups excluding carboxylic acids is 2. The van der Waals surface area contributed by atoms with E-state index in [4.69, 9.17) is 9.47 Å². The van der Waals surface area contributed by atoms with Gasteiger partial charge in [0.2, 0.25) is 0 Å². The molecule has 0 saturated carbocycles. The molecular weight excluding hydrogens is 320 g/mol. The Morgan fingerprint density at radius 1 is 1.20 bits per heavy atom. The zero-order chi connectivity index (χ0) is 18.6. The van der Waals surface area contributed by atoms with Crippen molar-refractivity contribution in [2.24, 2.45) is 0 Å². The van der Waals surface area contributed by atoms with Gasteiger partial charge in [-0.1, -0.05) is 12.1 Å². The number of nitrogens with zero attached hydrogens (tertiary/aromatic N) is 2. The lowest BCUT2D eigenvalue weighted by atomic mass is 10.0. The van der Waals surface area contributed by atoms with Crippen LogP contribution in [-0.2, 0) is 19.1 Å². The summed E-state index contributed by atoms with van der Waals surface area (Å²) in [5, 5.41) is 0. The van der Waals surface area contributed by atoms with Crippen LogP contribution in [0.2, 0.25) is 0 Å². The quantitative estimate of drug-likeness (QED) is 0.584. The second kappa shape index (κ2) is 7.98. The molecule has 1 aromatic rings. The standard InChI is InChI=1S/C19H24N2O4/c1-13-17(19(23)25-5)16(18(22)21(13)10-11-24-4)12-14-6-8-15(9-7-14)20(2)3/h6-9,12H,10-11H2,1-5H3. The lowest BCUT2D eigenvalue weighted by Gasteiger charge is -2.16. The highest BCUT2D eigenvalue weighted by Gasteiger charge is 2.36. The summed E-state index contributed by atoms with van der Waals surface area (Å²) >= 11 is 0. The molecule has 0 spiro atoms. The highest BCUT2D eigenvalue weighted by molar-refractivity contribution is 6.16. The third kappa shape index (κ3) is 3.91. The predicted octanol–water partition coefficient (Wildman–Crippen LogP) is 2.07. The molecule has 0 fully saturated rings. The van der Waals surface area contributed by atoms with E-state index < -0.39 is 5.97 Å². The number of hydrogen-bond acceptors (Lipinski definition) is 5. The van der Waals surface area contributed by atoms with Gasteiger partial charge in [-0.05, 0) is 30.7 Å². The molecule has 1 heterocycles. The highest BCUT2D eigenvalue weighted by atomic mass is 16.5. The van der Waals surface area contributed by atoms with Gasteiger partial charge in [0.15, 0.2) is 0 Å². The molecule has 6 nitrogen and oxygen atoms in total. The van der Waals surface area contributed by atoms with E-state index in [-0.39, 0.29) is 5.91 Å². The molecule has 2 rings (SSSR count). The van der Waals surface area contributed by atoms with Crippen LogP contribution in [0.1, 0.15) is 12.5 Å². The first-order valence-electron chi connectivity index (χ1n) is 8.00. The lowest BCUT2D eigenvalue weighted by Crippen LogP contribution is -2.28. The fourth-order valence-corrected chi connectivity index (χ4v) is 2.72. The molecule has 0 aromatic heterocycles.